The molecule has 0 bridgehead atoms. The Morgan fingerprint density at radius 2 is 2.15 bits per heavy atom. The van der Waals surface area contributed by atoms with Crippen LogP contribution in [0.4, 0.5) is 0 Å². The molecule has 1 heterocycles. The number of hydrogen-bond acceptors (Lipinski definition) is 3. The average Bonchev–Trinajstić information content (AvgIpc) is 2.66. The maximum Gasteiger partial charge on any atom is 0.0593 e. The molecule has 1 fully saturated rings. The third-order valence-corrected chi connectivity index (χ3v) is 4.54. The van der Waals surface area contributed by atoms with Crippen molar-refractivity contribution in [3.05, 3.63) is 35.4 Å². The maximum atomic E-state index is 5.62. The summed E-state index contributed by atoms with van der Waals surface area (Å²) >= 11 is 0. The van der Waals surface area contributed by atoms with Gasteiger partial charge in [-0.15, -0.1) is 0 Å². The molecule has 110 valence electrons. The van der Waals surface area contributed by atoms with Crippen LogP contribution in [0.2, 0.25) is 0 Å². The van der Waals surface area contributed by atoms with E-state index < -0.39 is 0 Å². The van der Waals surface area contributed by atoms with E-state index in [1.807, 2.05) is 0 Å². The second-order valence-corrected chi connectivity index (χ2v) is 5.90. The van der Waals surface area contributed by atoms with E-state index in [-0.39, 0.29) is 0 Å². The van der Waals surface area contributed by atoms with Crippen molar-refractivity contribution in [3.63, 3.8) is 0 Å². The van der Waals surface area contributed by atoms with Crippen molar-refractivity contribution in [3.8, 4) is 0 Å². The monoisotopic (exact) mass is 274 g/mol. The zero-order valence-corrected chi connectivity index (χ0v) is 12.5. The van der Waals surface area contributed by atoms with Crippen LogP contribution >= 0.6 is 0 Å². The van der Waals surface area contributed by atoms with Crippen molar-refractivity contribution in [2.75, 3.05) is 32.8 Å². The Balaban J connectivity index is 1.79. The zero-order valence-electron chi connectivity index (χ0n) is 12.5. The summed E-state index contributed by atoms with van der Waals surface area (Å²) in [5.74, 6) is 0. The first-order chi connectivity index (χ1) is 9.90. The van der Waals surface area contributed by atoms with Gasteiger partial charge in [-0.3, -0.25) is 4.90 Å². The highest BCUT2D eigenvalue weighted by Crippen LogP contribution is 2.34. The quantitative estimate of drug-likeness (QED) is 0.912. The highest BCUT2D eigenvalue weighted by molar-refractivity contribution is 5.37. The largest absolute Gasteiger partial charge is 0.380 e. The third-order valence-electron chi connectivity index (χ3n) is 4.54. The van der Waals surface area contributed by atoms with Crippen LogP contribution in [-0.2, 0) is 11.2 Å². The molecule has 0 saturated carbocycles. The van der Waals surface area contributed by atoms with Gasteiger partial charge in [0, 0.05) is 31.8 Å². The van der Waals surface area contributed by atoms with Crippen molar-refractivity contribution in [1.29, 1.82) is 0 Å². The van der Waals surface area contributed by atoms with Gasteiger partial charge in [-0.25, -0.2) is 0 Å². The fraction of sp³-hybridized carbons (Fsp3) is 0.647. The second-order valence-electron chi connectivity index (χ2n) is 5.90. The summed E-state index contributed by atoms with van der Waals surface area (Å²) in [6, 6.07) is 10.0. The SMILES string of the molecule is CCCNC1c2ccccc2CC1N1CCCOCC1. The molecule has 0 spiro atoms. The van der Waals surface area contributed by atoms with Crippen LogP contribution in [0.5, 0.6) is 0 Å². The average molecular weight is 274 g/mol. The van der Waals surface area contributed by atoms with E-state index in [0.717, 1.165) is 32.7 Å². The molecule has 2 atom stereocenters. The Hall–Kier alpha value is -0.900. The minimum absolute atomic E-state index is 0.490. The summed E-state index contributed by atoms with van der Waals surface area (Å²) in [5, 5.41) is 3.77. The third kappa shape index (κ3) is 2.90. The van der Waals surface area contributed by atoms with Gasteiger partial charge in [0.25, 0.3) is 0 Å². The Morgan fingerprint density at radius 3 is 3.05 bits per heavy atom. The molecule has 2 aliphatic rings. The van der Waals surface area contributed by atoms with Crippen molar-refractivity contribution in [2.45, 2.75) is 38.3 Å². The first-order valence-corrected chi connectivity index (χ1v) is 8.03. The molecular formula is C17H26N2O. The Morgan fingerprint density at radius 1 is 1.25 bits per heavy atom. The molecule has 0 aromatic heterocycles. The van der Waals surface area contributed by atoms with Gasteiger partial charge in [-0.2, -0.15) is 0 Å². The number of benzene rings is 1. The number of nitrogens with zero attached hydrogens (tertiary/aromatic N) is 1. The lowest BCUT2D eigenvalue weighted by atomic mass is 10.1. The lowest BCUT2D eigenvalue weighted by molar-refractivity contribution is 0.124. The normalized spacial score (nSPS) is 27.2. The predicted octanol–water partition coefficient (Wildman–Crippen LogP) is 2.37. The van der Waals surface area contributed by atoms with Crippen molar-refractivity contribution in [1.82, 2.24) is 10.2 Å². The summed E-state index contributed by atoms with van der Waals surface area (Å²) in [7, 11) is 0. The van der Waals surface area contributed by atoms with Crippen LogP contribution in [-0.4, -0.2) is 43.8 Å². The Labute approximate surface area is 122 Å². The molecule has 1 aliphatic heterocycles. The van der Waals surface area contributed by atoms with Gasteiger partial charge in [0.1, 0.15) is 0 Å². The fourth-order valence-electron chi connectivity index (χ4n) is 3.56. The fourth-order valence-corrected chi connectivity index (χ4v) is 3.56. The zero-order chi connectivity index (χ0) is 13.8. The molecule has 1 aromatic carbocycles. The van der Waals surface area contributed by atoms with E-state index >= 15 is 0 Å². The Bertz CT molecular complexity index is 427. The van der Waals surface area contributed by atoms with Gasteiger partial charge in [-0.1, -0.05) is 31.2 Å². The predicted molar refractivity (Wildman–Crippen MR) is 82.0 cm³/mol. The van der Waals surface area contributed by atoms with Crippen LogP contribution in [0, 0.1) is 0 Å². The topological polar surface area (TPSA) is 24.5 Å². The molecule has 2 unspecified atom stereocenters. The molecule has 20 heavy (non-hydrogen) atoms. The summed E-state index contributed by atoms with van der Waals surface area (Å²) in [6.45, 7) is 7.38. The van der Waals surface area contributed by atoms with Crippen LogP contribution < -0.4 is 5.32 Å². The first-order valence-electron chi connectivity index (χ1n) is 8.03. The van der Waals surface area contributed by atoms with Gasteiger partial charge >= 0.3 is 0 Å². The smallest absolute Gasteiger partial charge is 0.0593 e. The molecular weight excluding hydrogens is 248 g/mol. The summed E-state index contributed by atoms with van der Waals surface area (Å²) in [4.78, 5) is 2.64. The highest BCUT2D eigenvalue weighted by Gasteiger charge is 2.35. The van der Waals surface area contributed by atoms with Crippen LogP contribution in [0.15, 0.2) is 24.3 Å². The minimum Gasteiger partial charge on any atom is -0.380 e. The Kier molecular flexibility index (Phi) is 4.71. The van der Waals surface area contributed by atoms with Gasteiger partial charge in [0.2, 0.25) is 0 Å². The van der Waals surface area contributed by atoms with Crippen LogP contribution in [0.25, 0.3) is 0 Å². The molecule has 1 saturated heterocycles. The summed E-state index contributed by atoms with van der Waals surface area (Å²) in [6.07, 6.45) is 3.53. The van der Waals surface area contributed by atoms with Gasteiger partial charge in [-0.05, 0) is 36.9 Å². The molecule has 3 nitrogen and oxygen atoms in total. The minimum atomic E-state index is 0.490. The van der Waals surface area contributed by atoms with Crippen molar-refractivity contribution in [2.24, 2.45) is 0 Å². The van der Waals surface area contributed by atoms with Crippen molar-refractivity contribution < 1.29 is 4.74 Å². The van der Waals surface area contributed by atoms with Crippen LogP contribution in [0.1, 0.15) is 36.9 Å². The number of ether oxygens (including phenoxy) is 1. The summed E-state index contributed by atoms with van der Waals surface area (Å²) in [5.41, 5.74) is 3.03. The number of rotatable bonds is 4. The molecule has 1 aliphatic carbocycles. The number of hydrogen-bond donors (Lipinski definition) is 1. The van der Waals surface area contributed by atoms with E-state index in [1.165, 1.54) is 30.5 Å². The molecule has 3 rings (SSSR count). The number of nitrogens with one attached hydrogen (secondary N) is 1. The highest BCUT2D eigenvalue weighted by atomic mass is 16.5. The summed E-state index contributed by atoms with van der Waals surface area (Å²) < 4.78 is 5.62. The maximum absolute atomic E-state index is 5.62. The molecule has 3 heteroatoms. The molecule has 0 radical (unpaired) electrons. The van der Waals surface area contributed by atoms with Crippen LogP contribution in [0.3, 0.4) is 0 Å². The van der Waals surface area contributed by atoms with Gasteiger partial charge in [0.15, 0.2) is 0 Å². The number of fused-ring (bicyclic) bond motifs is 1. The van der Waals surface area contributed by atoms with Gasteiger partial charge < -0.3 is 10.1 Å². The standard InChI is InChI=1S/C17H26N2O/c1-2-8-18-17-15-7-4-3-6-14(15)13-16(17)19-9-5-11-20-12-10-19/h3-4,6-7,16-18H,2,5,8-13H2,1H3. The molecule has 1 aromatic rings. The second kappa shape index (κ2) is 6.70. The van der Waals surface area contributed by atoms with E-state index in [2.05, 4.69) is 41.4 Å². The molecule has 0 amide bonds. The van der Waals surface area contributed by atoms with E-state index in [9.17, 15) is 0 Å². The van der Waals surface area contributed by atoms with E-state index in [1.54, 1.807) is 0 Å². The lowest BCUT2D eigenvalue weighted by Gasteiger charge is -2.32. The first kappa shape index (κ1) is 14.1. The lowest BCUT2D eigenvalue weighted by Crippen LogP contribution is -2.44. The van der Waals surface area contributed by atoms with E-state index in [0.29, 0.717) is 12.1 Å². The van der Waals surface area contributed by atoms with Crippen molar-refractivity contribution >= 4 is 0 Å². The molecule has 1 N–H and O–H groups in total. The van der Waals surface area contributed by atoms with Gasteiger partial charge in [0.05, 0.1) is 6.61 Å². The van der Waals surface area contributed by atoms with E-state index in [4.69, 9.17) is 4.74 Å².